The van der Waals surface area contributed by atoms with Crippen LogP contribution in [0.15, 0.2) is 30.3 Å². The minimum atomic E-state index is 0.106. The molecule has 3 rings (SSSR count). The van der Waals surface area contributed by atoms with E-state index in [2.05, 4.69) is 41.4 Å². The predicted molar refractivity (Wildman–Crippen MR) is 103 cm³/mol. The smallest absolute Gasteiger partial charge is 0.234 e. The third-order valence-corrected chi connectivity index (χ3v) is 5.67. The van der Waals surface area contributed by atoms with Gasteiger partial charge in [0.1, 0.15) is 0 Å². The minimum Gasteiger partial charge on any atom is -0.352 e. The fourth-order valence-electron chi connectivity index (χ4n) is 3.73. The van der Waals surface area contributed by atoms with Crippen LogP contribution in [0.5, 0.6) is 0 Å². The number of rotatable bonds is 7. The van der Waals surface area contributed by atoms with Crippen LogP contribution in [0.25, 0.3) is 0 Å². The lowest BCUT2D eigenvalue weighted by Crippen LogP contribution is -2.48. The summed E-state index contributed by atoms with van der Waals surface area (Å²) in [5.41, 5.74) is 1.26. The summed E-state index contributed by atoms with van der Waals surface area (Å²) in [7, 11) is 0. The van der Waals surface area contributed by atoms with Gasteiger partial charge in [0.05, 0.1) is 6.54 Å². The molecular formula is C21H31N3O2. The van der Waals surface area contributed by atoms with E-state index in [-0.39, 0.29) is 23.9 Å². The highest BCUT2D eigenvalue weighted by Crippen LogP contribution is 2.32. The Hall–Kier alpha value is -1.88. The molecule has 0 bridgehead atoms. The van der Waals surface area contributed by atoms with Gasteiger partial charge in [-0.1, -0.05) is 30.3 Å². The fourth-order valence-corrected chi connectivity index (χ4v) is 3.73. The van der Waals surface area contributed by atoms with E-state index >= 15 is 0 Å². The average molecular weight is 357 g/mol. The zero-order valence-electron chi connectivity index (χ0n) is 16.0. The normalized spacial score (nSPS) is 19.4. The molecule has 1 saturated heterocycles. The summed E-state index contributed by atoms with van der Waals surface area (Å²) in [5.74, 6) is 0.976. The quantitative estimate of drug-likeness (QED) is 0.816. The molecule has 1 heterocycles. The zero-order valence-corrected chi connectivity index (χ0v) is 16.0. The molecule has 0 radical (unpaired) electrons. The van der Waals surface area contributed by atoms with E-state index in [4.69, 9.17) is 0 Å². The van der Waals surface area contributed by atoms with Crippen molar-refractivity contribution >= 4 is 11.8 Å². The second-order valence-corrected chi connectivity index (χ2v) is 7.81. The Kier molecular flexibility index (Phi) is 6.30. The number of carbonyl (C=O) groups is 2. The van der Waals surface area contributed by atoms with Crippen LogP contribution in [0.2, 0.25) is 0 Å². The van der Waals surface area contributed by atoms with Crippen LogP contribution in [0.1, 0.15) is 51.1 Å². The molecule has 1 N–H and O–H groups in total. The Labute approximate surface area is 156 Å². The van der Waals surface area contributed by atoms with Crippen molar-refractivity contribution in [1.82, 2.24) is 15.1 Å². The van der Waals surface area contributed by atoms with Gasteiger partial charge in [0, 0.05) is 38.6 Å². The molecule has 0 unspecified atom stereocenters. The Morgan fingerprint density at radius 3 is 2.38 bits per heavy atom. The van der Waals surface area contributed by atoms with Gasteiger partial charge in [-0.25, -0.2) is 0 Å². The van der Waals surface area contributed by atoms with Crippen LogP contribution >= 0.6 is 0 Å². The Morgan fingerprint density at radius 2 is 1.81 bits per heavy atom. The zero-order chi connectivity index (χ0) is 18.5. The summed E-state index contributed by atoms with van der Waals surface area (Å²) in [5, 5.41) is 3.19. The van der Waals surface area contributed by atoms with Crippen molar-refractivity contribution in [1.29, 1.82) is 0 Å². The summed E-state index contributed by atoms with van der Waals surface area (Å²) >= 11 is 0. The van der Waals surface area contributed by atoms with E-state index in [9.17, 15) is 9.59 Å². The molecule has 2 aliphatic rings. The standard InChI is InChI=1S/C21H31N3O2/c1-16(19-6-4-3-5-7-19)24(14-18-8-9-18)15-21(26)22-20-10-12-23(13-11-20)17(2)25/h3-7,16,18,20H,8-15H2,1-2H3,(H,22,26)/t16-/m0/s1. The number of hydrogen-bond acceptors (Lipinski definition) is 3. The summed E-state index contributed by atoms with van der Waals surface area (Å²) in [6, 6.07) is 10.9. The number of hydrogen-bond donors (Lipinski definition) is 1. The molecule has 5 heteroatoms. The second-order valence-electron chi connectivity index (χ2n) is 7.81. The number of benzene rings is 1. The van der Waals surface area contributed by atoms with Crippen LogP contribution in [0.3, 0.4) is 0 Å². The first-order chi connectivity index (χ1) is 12.5. The number of likely N-dealkylation sites (tertiary alicyclic amines) is 1. The van der Waals surface area contributed by atoms with Crippen molar-refractivity contribution in [3.8, 4) is 0 Å². The summed E-state index contributed by atoms with van der Waals surface area (Å²) in [4.78, 5) is 28.2. The number of carbonyl (C=O) groups excluding carboxylic acids is 2. The first kappa shape index (κ1) is 18.9. The molecule has 1 aliphatic carbocycles. The van der Waals surface area contributed by atoms with Gasteiger partial charge >= 0.3 is 0 Å². The highest BCUT2D eigenvalue weighted by Gasteiger charge is 2.29. The maximum atomic E-state index is 12.6. The van der Waals surface area contributed by atoms with Crippen LogP contribution in [0.4, 0.5) is 0 Å². The van der Waals surface area contributed by atoms with Crippen LogP contribution < -0.4 is 5.32 Å². The lowest BCUT2D eigenvalue weighted by Gasteiger charge is -2.33. The first-order valence-corrected chi connectivity index (χ1v) is 9.87. The van der Waals surface area contributed by atoms with Crippen molar-refractivity contribution in [3.63, 3.8) is 0 Å². The minimum absolute atomic E-state index is 0.106. The van der Waals surface area contributed by atoms with E-state index in [1.165, 1.54) is 18.4 Å². The number of nitrogens with zero attached hydrogens (tertiary/aromatic N) is 2. The maximum absolute atomic E-state index is 12.6. The average Bonchev–Trinajstić information content (AvgIpc) is 3.46. The number of piperidine rings is 1. The summed E-state index contributed by atoms with van der Waals surface area (Å²) in [6.45, 7) is 6.72. The van der Waals surface area contributed by atoms with Gasteiger partial charge in [-0.15, -0.1) is 0 Å². The molecule has 1 aromatic carbocycles. The molecule has 26 heavy (non-hydrogen) atoms. The van der Waals surface area contributed by atoms with Crippen molar-refractivity contribution < 1.29 is 9.59 Å². The number of nitrogens with one attached hydrogen (secondary N) is 1. The lowest BCUT2D eigenvalue weighted by atomic mass is 10.0. The highest BCUT2D eigenvalue weighted by atomic mass is 16.2. The molecule has 1 saturated carbocycles. The molecule has 2 amide bonds. The number of amides is 2. The van der Waals surface area contributed by atoms with Crippen LogP contribution in [-0.4, -0.2) is 53.8 Å². The van der Waals surface area contributed by atoms with Crippen LogP contribution in [0, 0.1) is 5.92 Å². The van der Waals surface area contributed by atoms with E-state index in [0.29, 0.717) is 6.54 Å². The van der Waals surface area contributed by atoms with Gasteiger partial charge < -0.3 is 10.2 Å². The molecule has 5 nitrogen and oxygen atoms in total. The van der Waals surface area contributed by atoms with Crippen LogP contribution in [-0.2, 0) is 9.59 Å². The second kappa shape index (κ2) is 8.67. The molecule has 2 fully saturated rings. The van der Waals surface area contributed by atoms with Gasteiger partial charge in [0.25, 0.3) is 0 Å². The molecule has 142 valence electrons. The van der Waals surface area contributed by atoms with Gasteiger partial charge in [-0.3, -0.25) is 14.5 Å². The third-order valence-electron chi connectivity index (χ3n) is 5.67. The van der Waals surface area contributed by atoms with Crippen molar-refractivity contribution in [2.45, 2.75) is 51.6 Å². The van der Waals surface area contributed by atoms with Crippen molar-refractivity contribution in [2.75, 3.05) is 26.2 Å². The lowest BCUT2D eigenvalue weighted by molar-refractivity contribution is -0.130. The van der Waals surface area contributed by atoms with E-state index < -0.39 is 0 Å². The van der Waals surface area contributed by atoms with Gasteiger partial charge in [0.2, 0.25) is 11.8 Å². The fraction of sp³-hybridized carbons (Fsp3) is 0.619. The Bertz CT molecular complexity index is 607. The third kappa shape index (κ3) is 5.31. The van der Waals surface area contributed by atoms with Crippen molar-refractivity contribution in [3.05, 3.63) is 35.9 Å². The molecule has 0 aromatic heterocycles. The maximum Gasteiger partial charge on any atom is 0.234 e. The summed E-state index contributed by atoms with van der Waals surface area (Å²) < 4.78 is 0. The van der Waals surface area contributed by atoms with Gasteiger partial charge in [-0.2, -0.15) is 0 Å². The van der Waals surface area contributed by atoms with Crippen molar-refractivity contribution in [2.24, 2.45) is 5.92 Å². The van der Waals surface area contributed by atoms with Gasteiger partial charge in [0.15, 0.2) is 0 Å². The monoisotopic (exact) mass is 357 g/mol. The molecule has 1 aliphatic heterocycles. The molecular weight excluding hydrogens is 326 g/mol. The van der Waals surface area contributed by atoms with Gasteiger partial charge in [-0.05, 0) is 44.1 Å². The molecule has 1 aromatic rings. The van der Waals surface area contributed by atoms with E-state index in [0.717, 1.165) is 38.4 Å². The summed E-state index contributed by atoms with van der Waals surface area (Å²) in [6.07, 6.45) is 4.26. The highest BCUT2D eigenvalue weighted by molar-refractivity contribution is 5.78. The molecule has 1 atom stereocenters. The Balaban J connectivity index is 1.53. The topological polar surface area (TPSA) is 52.7 Å². The SMILES string of the molecule is CC(=O)N1CCC(NC(=O)CN(CC2CC2)[C@@H](C)c2ccccc2)CC1. The Morgan fingerprint density at radius 1 is 1.15 bits per heavy atom. The first-order valence-electron chi connectivity index (χ1n) is 9.87. The predicted octanol–water partition coefficient (Wildman–Crippen LogP) is 2.59. The molecule has 0 spiro atoms. The largest absolute Gasteiger partial charge is 0.352 e. The van der Waals surface area contributed by atoms with E-state index in [1.807, 2.05) is 11.0 Å². The van der Waals surface area contributed by atoms with E-state index in [1.54, 1.807) is 6.92 Å².